The molecule has 5 heteroatoms. The Morgan fingerprint density at radius 2 is 1.55 bits per heavy atom. The molecule has 2 aliphatic heterocycles. The van der Waals surface area contributed by atoms with Gasteiger partial charge in [0.15, 0.2) is 0 Å². The first kappa shape index (κ1) is 13.6. The predicted octanol–water partition coefficient (Wildman–Crippen LogP) is 1.06. The molecule has 110 valence electrons. The zero-order valence-corrected chi connectivity index (χ0v) is 12.3. The number of morpholine rings is 1. The Morgan fingerprint density at radius 3 is 2.15 bits per heavy atom. The van der Waals surface area contributed by atoms with Crippen molar-refractivity contribution in [3.63, 3.8) is 0 Å². The molecule has 0 atom stereocenters. The van der Waals surface area contributed by atoms with Gasteiger partial charge in [-0.3, -0.25) is 0 Å². The largest absolute Gasteiger partial charge is 0.378 e. The van der Waals surface area contributed by atoms with Crippen LogP contribution in [0.1, 0.15) is 6.92 Å². The summed E-state index contributed by atoms with van der Waals surface area (Å²) >= 11 is 0. The van der Waals surface area contributed by atoms with Crippen molar-refractivity contribution in [2.24, 2.45) is 0 Å². The van der Waals surface area contributed by atoms with Crippen LogP contribution in [0.2, 0.25) is 0 Å². The fourth-order valence-corrected chi connectivity index (χ4v) is 2.85. The van der Waals surface area contributed by atoms with Crippen LogP contribution < -0.4 is 9.80 Å². The first-order valence-corrected chi connectivity index (χ1v) is 7.64. The van der Waals surface area contributed by atoms with Gasteiger partial charge in [-0.1, -0.05) is 13.0 Å². The summed E-state index contributed by atoms with van der Waals surface area (Å²) in [5.41, 5.74) is 0. The van der Waals surface area contributed by atoms with Crippen LogP contribution in [0.5, 0.6) is 0 Å². The molecule has 20 heavy (non-hydrogen) atoms. The average Bonchev–Trinajstić information content (AvgIpc) is 2.56. The summed E-state index contributed by atoms with van der Waals surface area (Å²) in [4.78, 5) is 12.1. The monoisotopic (exact) mass is 276 g/mol. The fraction of sp³-hybridized carbons (Fsp3) is 0.667. The maximum absolute atomic E-state index is 5.41. The molecule has 1 aromatic heterocycles. The summed E-state index contributed by atoms with van der Waals surface area (Å²) < 4.78 is 5.41. The molecule has 0 aliphatic carbocycles. The van der Waals surface area contributed by atoms with Crippen molar-refractivity contribution in [3.05, 3.63) is 18.2 Å². The van der Waals surface area contributed by atoms with Crippen molar-refractivity contribution in [2.75, 3.05) is 68.8 Å². The van der Waals surface area contributed by atoms with Gasteiger partial charge in [0.05, 0.1) is 13.2 Å². The molecular formula is C15H24N4O. The van der Waals surface area contributed by atoms with Crippen LogP contribution in [0.4, 0.5) is 11.6 Å². The molecule has 0 amide bonds. The molecule has 0 aromatic carbocycles. The second kappa shape index (κ2) is 6.41. The topological polar surface area (TPSA) is 31.8 Å². The minimum atomic E-state index is 0.807. The van der Waals surface area contributed by atoms with Gasteiger partial charge in [-0.25, -0.2) is 4.98 Å². The van der Waals surface area contributed by atoms with Gasteiger partial charge in [0.2, 0.25) is 0 Å². The lowest BCUT2D eigenvalue weighted by Gasteiger charge is -2.35. The van der Waals surface area contributed by atoms with E-state index in [2.05, 4.69) is 39.8 Å². The number of piperazine rings is 1. The molecule has 2 fully saturated rings. The van der Waals surface area contributed by atoms with Crippen LogP contribution in [0.3, 0.4) is 0 Å². The normalized spacial score (nSPS) is 21.2. The number of aromatic nitrogens is 1. The highest BCUT2D eigenvalue weighted by Gasteiger charge is 2.18. The standard InChI is InChI=1S/C15H24N4O/c1-2-17-6-8-18(9-7-17)14-4-3-5-15(16-14)19-10-12-20-13-11-19/h3-5H,2,6-13H2,1H3. The Balaban J connectivity index is 1.68. The molecule has 3 heterocycles. The molecule has 0 radical (unpaired) electrons. The van der Waals surface area contributed by atoms with Gasteiger partial charge in [-0.2, -0.15) is 0 Å². The van der Waals surface area contributed by atoms with Crippen molar-refractivity contribution in [3.8, 4) is 0 Å². The van der Waals surface area contributed by atoms with Gasteiger partial charge in [-0.15, -0.1) is 0 Å². The number of nitrogens with zero attached hydrogens (tertiary/aromatic N) is 4. The minimum absolute atomic E-state index is 0.807. The van der Waals surface area contributed by atoms with E-state index >= 15 is 0 Å². The van der Waals surface area contributed by atoms with E-state index < -0.39 is 0 Å². The molecule has 5 nitrogen and oxygen atoms in total. The van der Waals surface area contributed by atoms with Crippen LogP contribution >= 0.6 is 0 Å². The molecule has 2 saturated heterocycles. The summed E-state index contributed by atoms with van der Waals surface area (Å²) in [6.07, 6.45) is 0. The zero-order valence-electron chi connectivity index (χ0n) is 12.3. The van der Waals surface area contributed by atoms with E-state index in [1.54, 1.807) is 0 Å². The Bertz CT molecular complexity index is 426. The zero-order chi connectivity index (χ0) is 13.8. The number of pyridine rings is 1. The van der Waals surface area contributed by atoms with E-state index in [1.165, 1.54) is 0 Å². The maximum Gasteiger partial charge on any atom is 0.131 e. The van der Waals surface area contributed by atoms with Crippen LogP contribution in [0.25, 0.3) is 0 Å². The number of ether oxygens (including phenoxy) is 1. The van der Waals surface area contributed by atoms with E-state index in [9.17, 15) is 0 Å². The number of rotatable bonds is 3. The second-order valence-corrected chi connectivity index (χ2v) is 5.37. The second-order valence-electron chi connectivity index (χ2n) is 5.37. The first-order chi connectivity index (χ1) is 9.86. The molecule has 0 spiro atoms. The Morgan fingerprint density at radius 1 is 0.950 bits per heavy atom. The van der Waals surface area contributed by atoms with Crippen molar-refractivity contribution >= 4 is 11.6 Å². The molecule has 1 aromatic rings. The highest BCUT2D eigenvalue weighted by atomic mass is 16.5. The highest BCUT2D eigenvalue weighted by Crippen LogP contribution is 2.19. The number of anilines is 2. The number of likely N-dealkylation sites (N-methyl/N-ethyl adjacent to an activating group) is 1. The van der Waals surface area contributed by atoms with Crippen molar-refractivity contribution in [1.29, 1.82) is 0 Å². The summed E-state index contributed by atoms with van der Waals surface area (Å²) in [5.74, 6) is 2.20. The number of hydrogen-bond donors (Lipinski definition) is 0. The van der Waals surface area contributed by atoms with Gasteiger partial charge in [0.25, 0.3) is 0 Å². The number of hydrogen-bond acceptors (Lipinski definition) is 5. The molecule has 0 N–H and O–H groups in total. The van der Waals surface area contributed by atoms with Crippen LogP contribution in [0, 0.1) is 0 Å². The Labute approximate surface area is 121 Å². The Hall–Kier alpha value is -1.33. The van der Waals surface area contributed by atoms with E-state index in [0.29, 0.717) is 0 Å². The fourth-order valence-electron chi connectivity index (χ4n) is 2.85. The van der Waals surface area contributed by atoms with Crippen molar-refractivity contribution in [2.45, 2.75) is 6.92 Å². The van der Waals surface area contributed by atoms with Crippen molar-refractivity contribution < 1.29 is 4.74 Å². The predicted molar refractivity (Wildman–Crippen MR) is 81.6 cm³/mol. The van der Waals surface area contributed by atoms with Gasteiger partial charge in [0.1, 0.15) is 11.6 Å². The summed E-state index contributed by atoms with van der Waals surface area (Å²) in [5, 5.41) is 0. The molecule has 0 saturated carbocycles. The van der Waals surface area contributed by atoms with E-state index in [1.807, 2.05) is 0 Å². The lowest BCUT2D eigenvalue weighted by molar-refractivity contribution is 0.122. The molecule has 2 aliphatic rings. The van der Waals surface area contributed by atoms with Gasteiger partial charge >= 0.3 is 0 Å². The van der Waals surface area contributed by atoms with Crippen LogP contribution in [-0.4, -0.2) is 68.9 Å². The first-order valence-electron chi connectivity index (χ1n) is 7.64. The van der Waals surface area contributed by atoms with Gasteiger partial charge < -0.3 is 19.4 Å². The minimum Gasteiger partial charge on any atom is -0.378 e. The SMILES string of the molecule is CCN1CCN(c2cccc(N3CCOCC3)n2)CC1. The molecule has 3 rings (SSSR count). The summed E-state index contributed by atoms with van der Waals surface area (Å²) in [7, 11) is 0. The maximum atomic E-state index is 5.41. The van der Waals surface area contributed by atoms with Crippen molar-refractivity contribution in [1.82, 2.24) is 9.88 Å². The van der Waals surface area contributed by atoms with Gasteiger partial charge in [-0.05, 0) is 18.7 Å². The molecule has 0 bridgehead atoms. The van der Waals surface area contributed by atoms with Gasteiger partial charge in [0, 0.05) is 39.3 Å². The average molecular weight is 276 g/mol. The third-order valence-electron chi connectivity index (χ3n) is 4.20. The van der Waals surface area contributed by atoms with Crippen LogP contribution in [-0.2, 0) is 4.74 Å². The molecular weight excluding hydrogens is 252 g/mol. The molecule has 0 unspecified atom stereocenters. The van der Waals surface area contributed by atoms with E-state index in [0.717, 1.165) is 70.7 Å². The quantitative estimate of drug-likeness (QED) is 0.824. The van der Waals surface area contributed by atoms with E-state index in [-0.39, 0.29) is 0 Å². The summed E-state index contributed by atoms with van der Waals surface area (Å²) in [6.45, 7) is 11.3. The third kappa shape index (κ3) is 3.04. The Kier molecular flexibility index (Phi) is 4.38. The third-order valence-corrected chi connectivity index (χ3v) is 4.20. The smallest absolute Gasteiger partial charge is 0.131 e. The summed E-state index contributed by atoms with van der Waals surface area (Å²) in [6, 6.07) is 6.36. The van der Waals surface area contributed by atoms with E-state index in [4.69, 9.17) is 9.72 Å². The lowest BCUT2D eigenvalue weighted by atomic mass is 10.3. The lowest BCUT2D eigenvalue weighted by Crippen LogP contribution is -2.46. The highest BCUT2D eigenvalue weighted by molar-refractivity contribution is 5.49. The van der Waals surface area contributed by atoms with Crippen LogP contribution in [0.15, 0.2) is 18.2 Å².